The smallest absolute Gasteiger partial charge is 0.231 e. The summed E-state index contributed by atoms with van der Waals surface area (Å²) in [4.78, 5) is 6.51. The van der Waals surface area contributed by atoms with Gasteiger partial charge in [-0.1, -0.05) is 6.07 Å². The third-order valence-electron chi connectivity index (χ3n) is 4.75. The summed E-state index contributed by atoms with van der Waals surface area (Å²) in [6, 6.07) is 3.95. The van der Waals surface area contributed by atoms with Crippen molar-refractivity contribution in [3.63, 3.8) is 0 Å². The summed E-state index contributed by atoms with van der Waals surface area (Å²) in [5.41, 5.74) is 1.09. The van der Waals surface area contributed by atoms with E-state index in [0.29, 0.717) is 6.04 Å². The first-order valence-electron chi connectivity index (χ1n) is 8.14. The molecule has 0 aliphatic carbocycles. The van der Waals surface area contributed by atoms with E-state index >= 15 is 0 Å². The second-order valence-corrected chi connectivity index (χ2v) is 6.38. The van der Waals surface area contributed by atoms with Gasteiger partial charge in [-0.3, -0.25) is 4.90 Å². The highest BCUT2D eigenvalue weighted by Crippen LogP contribution is 2.31. The molecule has 3 heterocycles. The standard InChI is InChI=1S/C16H24N2O6/c1-18-6-2-3-10(18)9-4-5-12(17-7-9)24-16-15(22)14(21)13(20)11(8-19)23-16/h4-5,7,10-11,13-16,19-22H,2-3,6,8H2,1H3/t10?,11-,13-,14+,15-,16-/m1/s1. The molecular formula is C16H24N2O6. The van der Waals surface area contributed by atoms with Gasteiger partial charge in [0.05, 0.1) is 6.61 Å². The summed E-state index contributed by atoms with van der Waals surface area (Å²) in [5.74, 6) is 0.240. The zero-order valence-electron chi connectivity index (χ0n) is 13.5. The van der Waals surface area contributed by atoms with E-state index < -0.39 is 37.3 Å². The Bertz CT molecular complexity index is 540. The van der Waals surface area contributed by atoms with E-state index in [-0.39, 0.29) is 5.88 Å². The van der Waals surface area contributed by atoms with Crippen molar-refractivity contribution in [2.75, 3.05) is 20.2 Å². The van der Waals surface area contributed by atoms with Crippen LogP contribution in [0.1, 0.15) is 24.4 Å². The molecule has 0 bridgehead atoms. The summed E-state index contributed by atoms with van der Waals surface area (Å²) in [6.07, 6.45) is -2.55. The van der Waals surface area contributed by atoms with E-state index in [9.17, 15) is 20.4 Å². The maximum absolute atomic E-state index is 9.97. The van der Waals surface area contributed by atoms with Crippen LogP contribution in [0.4, 0.5) is 0 Å². The molecule has 0 spiro atoms. The Hall–Kier alpha value is -1.29. The molecule has 24 heavy (non-hydrogen) atoms. The van der Waals surface area contributed by atoms with Crippen molar-refractivity contribution in [3.05, 3.63) is 23.9 Å². The first-order chi connectivity index (χ1) is 11.5. The van der Waals surface area contributed by atoms with Gasteiger partial charge in [-0.2, -0.15) is 0 Å². The van der Waals surface area contributed by atoms with Crippen LogP contribution in [0.5, 0.6) is 5.88 Å². The molecule has 4 N–H and O–H groups in total. The van der Waals surface area contributed by atoms with E-state index in [2.05, 4.69) is 16.9 Å². The number of aromatic nitrogens is 1. The lowest BCUT2D eigenvalue weighted by Crippen LogP contribution is -2.60. The van der Waals surface area contributed by atoms with Crippen LogP contribution in [0.25, 0.3) is 0 Å². The molecule has 2 saturated heterocycles. The number of aliphatic hydroxyl groups excluding tert-OH is 4. The molecule has 2 aliphatic rings. The molecule has 0 radical (unpaired) electrons. The highest BCUT2D eigenvalue weighted by molar-refractivity contribution is 5.22. The Morgan fingerprint density at radius 2 is 2.04 bits per heavy atom. The normalized spacial score (nSPS) is 37.5. The molecule has 1 aromatic heterocycles. The molecule has 134 valence electrons. The molecule has 0 aromatic carbocycles. The number of hydrogen-bond donors (Lipinski definition) is 4. The van der Waals surface area contributed by atoms with Crippen molar-refractivity contribution < 1.29 is 29.9 Å². The molecule has 8 nitrogen and oxygen atoms in total. The quantitative estimate of drug-likeness (QED) is 0.553. The second kappa shape index (κ2) is 7.30. The monoisotopic (exact) mass is 340 g/mol. The van der Waals surface area contributed by atoms with Crippen LogP contribution < -0.4 is 4.74 Å². The molecule has 3 rings (SSSR count). The molecule has 2 fully saturated rings. The highest BCUT2D eigenvalue weighted by atomic mass is 16.7. The first kappa shape index (κ1) is 17.5. The van der Waals surface area contributed by atoms with E-state index in [1.165, 1.54) is 0 Å². The van der Waals surface area contributed by atoms with E-state index in [1.54, 1.807) is 12.3 Å². The second-order valence-electron chi connectivity index (χ2n) is 6.38. The lowest BCUT2D eigenvalue weighted by atomic mass is 9.99. The Morgan fingerprint density at radius 1 is 1.25 bits per heavy atom. The van der Waals surface area contributed by atoms with Gasteiger partial charge in [-0.05, 0) is 32.0 Å². The van der Waals surface area contributed by atoms with Crippen LogP contribution in [0.2, 0.25) is 0 Å². The van der Waals surface area contributed by atoms with Crippen molar-refractivity contribution >= 4 is 0 Å². The van der Waals surface area contributed by atoms with Crippen molar-refractivity contribution in [2.24, 2.45) is 0 Å². The zero-order chi connectivity index (χ0) is 17.3. The van der Waals surface area contributed by atoms with Gasteiger partial charge in [0.2, 0.25) is 12.2 Å². The molecule has 6 atom stereocenters. The SMILES string of the molecule is CN1CCCC1c1ccc(O[C@H]2O[C@H](CO)[C@@H](O)[C@H](O)[C@H]2O)nc1. The Labute approximate surface area is 140 Å². The first-order valence-corrected chi connectivity index (χ1v) is 8.14. The number of hydrogen-bond acceptors (Lipinski definition) is 8. The molecule has 8 heteroatoms. The van der Waals surface area contributed by atoms with Crippen LogP contribution in [-0.2, 0) is 4.74 Å². The molecule has 2 aliphatic heterocycles. The molecule has 0 amide bonds. The van der Waals surface area contributed by atoms with Gasteiger partial charge in [0, 0.05) is 18.3 Å². The molecular weight excluding hydrogens is 316 g/mol. The number of aliphatic hydroxyl groups is 4. The summed E-state index contributed by atoms with van der Waals surface area (Å²) in [7, 11) is 2.08. The van der Waals surface area contributed by atoms with E-state index in [0.717, 1.165) is 24.9 Å². The van der Waals surface area contributed by atoms with Crippen molar-refractivity contribution in [1.29, 1.82) is 0 Å². The summed E-state index contributed by atoms with van der Waals surface area (Å²) in [5, 5.41) is 38.7. The molecule has 0 saturated carbocycles. The summed E-state index contributed by atoms with van der Waals surface area (Å²) in [6.45, 7) is 0.568. The fourth-order valence-corrected chi connectivity index (χ4v) is 3.27. The van der Waals surface area contributed by atoms with E-state index in [4.69, 9.17) is 9.47 Å². The Balaban J connectivity index is 1.67. The summed E-state index contributed by atoms with van der Waals surface area (Å²) >= 11 is 0. The van der Waals surface area contributed by atoms with Gasteiger partial charge in [-0.25, -0.2) is 4.98 Å². The zero-order valence-corrected chi connectivity index (χ0v) is 13.5. The van der Waals surface area contributed by atoms with E-state index in [1.807, 2.05) is 6.07 Å². The lowest BCUT2D eigenvalue weighted by Gasteiger charge is -2.39. The van der Waals surface area contributed by atoms with Gasteiger partial charge >= 0.3 is 0 Å². The maximum atomic E-state index is 9.97. The fraction of sp³-hybridized carbons (Fsp3) is 0.688. The third kappa shape index (κ3) is 3.39. The van der Waals surface area contributed by atoms with Crippen molar-refractivity contribution in [3.8, 4) is 5.88 Å². The summed E-state index contributed by atoms with van der Waals surface area (Å²) < 4.78 is 10.8. The Morgan fingerprint density at radius 3 is 2.62 bits per heavy atom. The van der Waals surface area contributed by atoms with Crippen molar-refractivity contribution in [1.82, 2.24) is 9.88 Å². The largest absolute Gasteiger partial charge is 0.445 e. The van der Waals surface area contributed by atoms with Crippen molar-refractivity contribution in [2.45, 2.75) is 49.6 Å². The minimum Gasteiger partial charge on any atom is -0.445 e. The van der Waals surface area contributed by atoms with Crippen LogP contribution >= 0.6 is 0 Å². The van der Waals surface area contributed by atoms with Crippen LogP contribution in [0, 0.1) is 0 Å². The highest BCUT2D eigenvalue weighted by Gasteiger charge is 2.44. The minimum absolute atomic E-state index is 0.240. The predicted octanol–water partition coefficient (Wildman–Crippen LogP) is -0.973. The minimum atomic E-state index is -1.47. The van der Waals surface area contributed by atoms with Gasteiger partial charge in [0.1, 0.15) is 24.4 Å². The van der Waals surface area contributed by atoms with Gasteiger partial charge in [0.15, 0.2) is 0 Å². The number of rotatable bonds is 4. The number of nitrogens with zero attached hydrogens (tertiary/aromatic N) is 2. The average Bonchev–Trinajstić information content (AvgIpc) is 3.02. The van der Waals surface area contributed by atoms with Crippen LogP contribution in [0.3, 0.4) is 0 Å². The lowest BCUT2D eigenvalue weighted by molar-refractivity contribution is -0.278. The molecule has 1 aromatic rings. The van der Waals surface area contributed by atoms with Crippen LogP contribution in [0.15, 0.2) is 18.3 Å². The maximum Gasteiger partial charge on any atom is 0.231 e. The Kier molecular flexibility index (Phi) is 5.33. The number of likely N-dealkylation sites (tertiary alicyclic amines) is 1. The number of pyridine rings is 1. The fourth-order valence-electron chi connectivity index (χ4n) is 3.27. The van der Waals surface area contributed by atoms with Gasteiger partial charge in [-0.15, -0.1) is 0 Å². The third-order valence-corrected chi connectivity index (χ3v) is 4.75. The van der Waals surface area contributed by atoms with Gasteiger partial charge in [0.25, 0.3) is 0 Å². The molecule has 1 unspecified atom stereocenters. The van der Waals surface area contributed by atoms with Crippen LogP contribution in [-0.4, -0.2) is 81.2 Å². The average molecular weight is 340 g/mol. The predicted molar refractivity (Wildman–Crippen MR) is 83.2 cm³/mol. The topological polar surface area (TPSA) is 116 Å². The number of ether oxygens (including phenoxy) is 2. The van der Waals surface area contributed by atoms with Gasteiger partial charge < -0.3 is 29.9 Å².